The highest BCUT2D eigenvalue weighted by Crippen LogP contribution is 2.34. The van der Waals surface area contributed by atoms with E-state index in [1.807, 2.05) is 34.8 Å². The quantitative estimate of drug-likeness (QED) is 0.352. The van der Waals surface area contributed by atoms with Crippen LogP contribution in [0.25, 0.3) is 16.9 Å². The van der Waals surface area contributed by atoms with Gasteiger partial charge in [0.25, 0.3) is 5.91 Å². The van der Waals surface area contributed by atoms with Gasteiger partial charge in [-0.05, 0) is 43.5 Å². The van der Waals surface area contributed by atoms with Crippen molar-refractivity contribution in [3.05, 3.63) is 88.7 Å². The number of nitrogens with two attached hydrogens (primary N) is 2. The van der Waals surface area contributed by atoms with E-state index in [-0.39, 0.29) is 29.3 Å². The molecule has 0 bridgehead atoms. The molecule has 0 saturated carbocycles. The summed E-state index contributed by atoms with van der Waals surface area (Å²) in [4.78, 5) is 34.3. The Bertz CT molecular complexity index is 1760. The van der Waals surface area contributed by atoms with Crippen LogP contribution in [0.1, 0.15) is 52.7 Å². The van der Waals surface area contributed by atoms with Gasteiger partial charge in [0.15, 0.2) is 5.65 Å². The fraction of sp³-hybridized carbons (Fsp3) is 0.394. The molecule has 3 aliphatic rings. The monoisotopic (exact) mass is 615 g/mol. The molecule has 0 radical (unpaired) electrons. The average molecular weight is 616 g/mol. The maximum Gasteiger partial charge on any atom is 0.272 e. The normalized spacial score (nSPS) is 22.8. The molecule has 2 amide bonds. The van der Waals surface area contributed by atoms with E-state index in [0.29, 0.717) is 63.3 Å². The molecular weight excluding hydrogens is 580 g/mol. The maximum atomic E-state index is 14.5. The second-order valence-corrected chi connectivity index (χ2v) is 12.2. The molecule has 4 aromatic rings. The van der Waals surface area contributed by atoms with Crippen molar-refractivity contribution in [2.24, 2.45) is 17.4 Å². The second-order valence-electron chi connectivity index (χ2n) is 12.2. The highest BCUT2D eigenvalue weighted by molar-refractivity contribution is 5.94. The summed E-state index contributed by atoms with van der Waals surface area (Å²) in [6, 6.07) is 14.4. The highest BCUT2D eigenvalue weighted by Gasteiger charge is 2.37. The van der Waals surface area contributed by atoms with Crippen LogP contribution in [-0.4, -0.2) is 74.5 Å². The number of piperidine rings is 1. The number of hydrogen-bond acceptors (Lipinski definition) is 7. The minimum atomic E-state index is -0.731. The number of carbonyl (C=O) groups excluding carboxylic acids is 2. The summed E-state index contributed by atoms with van der Waals surface area (Å²) in [5, 5.41) is 4.95. The van der Waals surface area contributed by atoms with Crippen LogP contribution >= 0.6 is 0 Å². The Morgan fingerprint density at radius 3 is 2.51 bits per heavy atom. The average Bonchev–Trinajstić information content (AvgIpc) is 3.43. The Labute approximate surface area is 258 Å². The van der Waals surface area contributed by atoms with Gasteiger partial charge in [0, 0.05) is 67.3 Å². The zero-order chi connectivity index (χ0) is 31.2. The van der Waals surface area contributed by atoms with Gasteiger partial charge in [-0.15, -0.1) is 0 Å². The third kappa shape index (κ3) is 5.58. The molecule has 12 heteroatoms. The molecule has 0 spiro atoms. The summed E-state index contributed by atoms with van der Waals surface area (Å²) in [6.07, 6.45) is 1.55. The molecule has 5 heterocycles. The van der Waals surface area contributed by atoms with Crippen molar-refractivity contribution >= 4 is 17.5 Å². The van der Waals surface area contributed by atoms with E-state index in [4.69, 9.17) is 26.3 Å². The second kappa shape index (κ2) is 11.9. The third-order valence-electron chi connectivity index (χ3n) is 9.42. The zero-order valence-corrected chi connectivity index (χ0v) is 24.7. The SMILES string of the molecule is NC(=O)C1CCN(C(=O)c2cc(-c3ccccc3)n3nc4c(c3n2)CN([C@H]2CO[C@H](c3cc(F)ccc3F)[C@@H](N)C2)CC4)CC1. The van der Waals surface area contributed by atoms with Crippen molar-refractivity contribution in [1.82, 2.24) is 24.4 Å². The van der Waals surface area contributed by atoms with E-state index >= 15 is 0 Å². The van der Waals surface area contributed by atoms with Crippen LogP contribution in [-0.2, 0) is 22.5 Å². The predicted octanol–water partition coefficient (Wildman–Crippen LogP) is 3.23. The minimum absolute atomic E-state index is 0.0408. The number of nitrogens with zero attached hydrogens (tertiary/aromatic N) is 5. The van der Waals surface area contributed by atoms with Gasteiger partial charge in [-0.3, -0.25) is 14.5 Å². The zero-order valence-electron chi connectivity index (χ0n) is 24.7. The molecule has 4 N–H and O–H groups in total. The summed E-state index contributed by atoms with van der Waals surface area (Å²) in [7, 11) is 0. The summed E-state index contributed by atoms with van der Waals surface area (Å²) in [5.41, 5.74) is 16.6. The smallest absolute Gasteiger partial charge is 0.272 e. The molecule has 0 aliphatic carbocycles. The van der Waals surface area contributed by atoms with Crippen molar-refractivity contribution in [3.8, 4) is 11.3 Å². The lowest BCUT2D eigenvalue weighted by molar-refractivity contribution is -0.123. The number of fused-ring (bicyclic) bond motifs is 3. The molecule has 2 fully saturated rings. The number of aromatic nitrogens is 3. The van der Waals surface area contributed by atoms with Gasteiger partial charge in [0.05, 0.1) is 18.0 Å². The van der Waals surface area contributed by atoms with Gasteiger partial charge in [-0.25, -0.2) is 18.3 Å². The van der Waals surface area contributed by atoms with Crippen LogP contribution in [0.3, 0.4) is 0 Å². The van der Waals surface area contributed by atoms with Gasteiger partial charge < -0.3 is 21.1 Å². The number of amides is 2. The Morgan fingerprint density at radius 1 is 1.00 bits per heavy atom. The number of ether oxygens (including phenoxy) is 1. The Morgan fingerprint density at radius 2 is 1.78 bits per heavy atom. The van der Waals surface area contributed by atoms with E-state index in [9.17, 15) is 18.4 Å². The number of rotatable bonds is 5. The lowest BCUT2D eigenvalue weighted by Gasteiger charge is -2.41. The van der Waals surface area contributed by atoms with E-state index in [1.165, 1.54) is 0 Å². The molecule has 2 saturated heterocycles. The van der Waals surface area contributed by atoms with Crippen molar-refractivity contribution in [1.29, 1.82) is 0 Å². The fourth-order valence-electron chi connectivity index (χ4n) is 6.92. The molecule has 45 heavy (non-hydrogen) atoms. The largest absolute Gasteiger partial charge is 0.370 e. The van der Waals surface area contributed by atoms with Crippen LogP contribution in [0.2, 0.25) is 0 Å². The molecule has 234 valence electrons. The van der Waals surface area contributed by atoms with Crippen LogP contribution in [0.5, 0.6) is 0 Å². The molecule has 2 aromatic heterocycles. The number of likely N-dealkylation sites (tertiary alicyclic amines) is 1. The minimum Gasteiger partial charge on any atom is -0.370 e. The first-order valence-corrected chi connectivity index (χ1v) is 15.4. The lowest BCUT2D eigenvalue weighted by atomic mass is 9.92. The van der Waals surface area contributed by atoms with Crippen molar-refractivity contribution in [2.75, 3.05) is 26.2 Å². The number of carbonyl (C=O) groups is 2. The predicted molar refractivity (Wildman–Crippen MR) is 162 cm³/mol. The molecule has 3 aliphatic heterocycles. The van der Waals surface area contributed by atoms with Crippen LogP contribution in [0.15, 0.2) is 54.6 Å². The summed E-state index contributed by atoms with van der Waals surface area (Å²) >= 11 is 0. The number of benzene rings is 2. The third-order valence-corrected chi connectivity index (χ3v) is 9.42. The molecule has 0 unspecified atom stereocenters. The first-order chi connectivity index (χ1) is 21.8. The first kappa shape index (κ1) is 29.5. The van der Waals surface area contributed by atoms with E-state index < -0.39 is 23.8 Å². The number of primary amides is 1. The summed E-state index contributed by atoms with van der Waals surface area (Å²) in [5.74, 6) is -1.81. The number of hydrogen-bond donors (Lipinski definition) is 2. The van der Waals surface area contributed by atoms with Gasteiger partial charge in [0.2, 0.25) is 5.91 Å². The molecular formula is C33H35F2N7O3. The van der Waals surface area contributed by atoms with Crippen molar-refractivity contribution in [3.63, 3.8) is 0 Å². The van der Waals surface area contributed by atoms with Crippen molar-refractivity contribution < 1.29 is 23.1 Å². The van der Waals surface area contributed by atoms with Gasteiger partial charge in [-0.1, -0.05) is 30.3 Å². The van der Waals surface area contributed by atoms with Crippen LogP contribution in [0.4, 0.5) is 8.78 Å². The Kier molecular flexibility index (Phi) is 7.80. The maximum absolute atomic E-state index is 14.5. The standard InChI is InChI=1S/C33H35F2N7O3/c34-21-6-7-25(35)23(14-21)30-26(36)15-22(18-45-30)41-13-10-27-24(17-41)32-38-28(33(44)40-11-8-20(9-12-40)31(37)43)16-29(42(32)39-27)19-4-2-1-3-5-19/h1-7,14,16,20,22,26,30H,8-13,15,17-18,36H2,(H2,37,43)/t22-,26+,30-/m1/s1. The molecule has 10 nitrogen and oxygen atoms in total. The summed E-state index contributed by atoms with van der Waals surface area (Å²) in [6.45, 7) is 2.44. The van der Waals surface area contributed by atoms with Gasteiger partial charge >= 0.3 is 0 Å². The number of halogens is 2. The summed E-state index contributed by atoms with van der Waals surface area (Å²) < 4.78 is 36.3. The van der Waals surface area contributed by atoms with Crippen LogP contribution in [0, 0.1) is 17.6 Å². The molecule has 7 rings (SSSR count). The van der Waals surface area contributed by atoms with Gasteiger partial charge in [0.1, 0.15) is 23.4 Å². The fourth-order valence-corrected chi connectivity index (χ4v) is 6.92. The van der Waals surface area contributed by atoms with E-state index in [0.717, 1.165) is 47.3 Å². The Balaban J connectivity index is 1.17. The highest BCUT2D eigenvalue weighted by atomic mass is 19.1. The van der Waals surface area contributed by atoms with Crippen LogP contribution < -0.4 is 11.5 Å². The molecule has 3 atom stereocenters. The first-order valence-electron chi connectivity index (χ1n) is 15.4. The lowest BCUT2D eigenvalue weighted by Crippen LogP contribution is -2.50. The van der Waals surface area contributed by atoms with Gasteiger partial charge in [-0.2, -0.15) is 5.10 Å². The van der Waals surface area contributed by atoms with E-state index in [2.05, 4.69) is 4.90 Å². The molecule has 2 aromatic carbocycles. The Hall–Kier alpha value is -4.26. The topological polar surface area (TPSA) is 132 Å². The van der Waals surface area contributed by atoms with Crippen molar-refractivity contribution in [2.45, 2.75) is 50.4 Å². The van der Waals surface area contributed by atoms with E-state index in [1.54, 1.807) is 11.0 Å².